The van der Waals surface area contributed by atoms with Crippen LogP contribution in [-0.4, -0.2) is 12.5 Å². The van der Waals surface area contributed by atoms with Gasteiger partial charge in [-0.25, -0.2) is 4.39 Å². The van der Waals surface area contributed by atoms with Crippen molar-refractivity contribution in [3.63, 3.8) is 0 Å². The van der Waals surface area contributed by atoms with E-state index in [-0.39, 0.29) is 17.6 Å². The van der Waals surface area contributed by atoms with Gasteiger partial charge in [0.1, 0.15) is 5.82 Å². The molecule has 3 heteroatoms. The van der Waals surface area contributed by atoms with Crippen LogP contribution in [0.5, 0.6) is 0 Å². The number of carbonyl (C=O) groups excluding carboxylic acids is 1. The van der Waals surface area contributed by atoms with E-state index in [1.54, 1.807) is 12.1 Å². The van der Waals surface area contributed by atoms with Crippen LogP contribution in [0.1, 0.15) is 38.2 Å². The van der Waals surface area contributed by atoms with Crippen LogP contribution in [0.3, 0.4) is 0 Å². The van der Waals surface area contributed by atoms with Gasteiger partial charge in [-0.3, -0.25) is 4.79 Å². The molecule has 0 aliphatic heterocycles. The number of nitrogens with one attached hydrogen (secondary N) is 1. The van der Waals surface area contributed by atoms with Crippen molar-refractivity contribution in [1.82, 2.24) is 5.32 Å². The number of hydrogen-bond donors (Lipinski definition) is 1. The lowest BCUT2D eigenvalue weighted by molar-refractivity contribution is -0.123. The average molecular weight is 249 g/mol. The quantitative estimate of drug-likeness (QED) is 0.853. The molecule has 0 saturated heterocycles. The van der Waals surface area contributed by atoms with Crippen LogP contribution < -0.4 is 5.32 Å². The standard InChI is InChI=1S/C15H20FNO/c1-10(2)9-17-15(18)14(11-3-4-11)12-5-7-13(16)8-6-12/h5-8,10-11,14H,3-4,9H2,1-2H3,(H,17,18). The average Bonchev–Trinajstić information content (AvgIpc) is 3.14. The van der Waals surface area contributed by atoms with Crippen molar-refractivity contribution in [1.29, 1.82) is 0 Å². The zero-order valence-corrected chi connectivity index (χ0v) is 10.9. The van der Waals surface area contributed by atoms with Crippen molar-refractivity contribution in [2.75, 3.05) is 6.54 Å². The zero-order valence-electron chi connectivity index (χ0n) is 10.9. The normalized spacial score (nSPS) is 16.7. The van der Waals surface area contributed by atoms with Crippen LogP contribution in [0, 0.1) is 17.7 Å². The van der Waals surface area contributed by atoms with Crippen LogP contribution in [-0.2, 0) is 4.79 Å². The molecule has 1 aliphatic rings. The molecule has 2 rings (SSSR count). The van der Waals surface area contributed by atoms with E-state index in [0.29, 0.717) is 18.4 Å². The third kappa shape index (κ3) is 3.31. The fraction of sp³-hybridized carbons (Fsp3) is 0.533. The van der Waals surface area contributed by atoms with Gasteiger partial charge in [-0.15, -0.1) is 0 Å². The fourth-order valence-corrected chi connectivity index (χ4v) is 2.15. The van der Waals surface area contributed by atoms with Crippen LogP contribution >= 0.6 is 0 Å². The molecule has 0 heterocycles. The summed E-state index contributed by atoms with van der Waals surface area (Å²) in [6.07, 6.45) is 2.19. The Morgan fingerprint density at radius 3 is 2.44 bits per heavy atom. The van der Waals surface area contributed by atoms with Crippen LogP contribution in [0.2, 0.25) is 0 Å². The second kappa shape index (κ2) is 5.51. The van der Waals surface area contributed by atoms with Crippen molar-refractivity contribution >= 4 is 5.91 Å². The maximum absolute atomic E-state index is 12.9. The van der Waals surface area contributed by atoms with Crippen molar-refractivity contribution in [2.24, 2.45) is 11.8 Å². The van der Waals surface area contributed by atoms with Gasteiger partial charge in [-0.1, -0.05) is 26.0 Å². The van der Waals surface area contributed by atoms with Gasteiger partial charge in [0, 0.05) is 6.54 Å². The van der Waals surface area contributed by atoms with E-state index in [4.69, 9.17) is 0 Å². The first kappa shape index (κ1) is 13.1. The summed E-state index contributed by atoms with van der Waals surface area (Å²) in [7, 11) is 0. The third-order valence-corrected chi connectivity index (χ3v) is 3.29. The molecular weight excluding hydrogens is 229 g/mol. The Hall–Kier alpha value is -1.38. The molecule has 1 saturated carbocycles. The highest BCUT2D eigenvalue weighted by Gasteiger charge is 2.37. The number of carbonyl (C=O) groups is 1. The van der Waals surface area contributed by atoms with Crippen molar-refractivity contribution in [3.8, 4) is 0 Å². The van der Waals surface area contributed by atoms with E-state index >= 15 is 0 Å². The second-order valence-electron chi connectivity index (χ2n) is 5.51. The smallest absolute Gasteiger partial charge is 0.227 e. The Balaban J connectivity index is 2.08. The monoisotopic (exact) mass is 249 g/mol. The Morgan fingerprint density at radius 1 is 1.33 bits per heavy atom. The molecule has 0 bridgehead atoms. The molecule has 1 aliphatic carbocycles. The number of rotatable bonds is 5. The fourth-order valence-electron chi connectivity index (χ4n) is 2.15. The van der Waals surface area contributed by atoms with Gasteiger partial charge >= 0.3 is 0 Å². The molecule has 1 aromatic rings. The largest absolute Gasteiger partial charge is 0.355 e. The summed E-state index contributed by atoms with van der Waals surface area (Å²) in [4.78, 5) is 12.2. The third-order valence-electron chi connectivity index (χ3n) is 3.29. The van der Waals surface area contributed by atoms with Crippen molar-refractivity contribution in [2.45, 2.75) is 32.6 Å². The summed E-state index contributed by atoms with van der Waals surface area (Å²) >= 11 is 0. The lowest BCUT2D eigenvalue weighted by atomic mass is 9.93. The number of hydrogen-bond acceptors (Lipinski definition) is 1. The van der Waals surface area contributed by atoms with Gasteiger partial charge in [0.2, 0.25) is 5.91 Å². The highest BCUT2D eigenvalue weighted by atomic mass is 19.1. The first-order valence-corrected chi connectivity index (χ1v) is 6.61. The van der Waals surface area contributed by atoms with Crippen LogP contribution in [0.25, 0.3) is 0 Å². The topological polar surface area (TPSA) is 29.1 Å². The molecule has 1 amide bonds. The van der Waals surface area contributed by atoms with E-state index in [0.717, 1.165) is 18.4 Å². The van der Waals surface area contributed by atoms with Crippen LogP contribution in [0.4, 0.5) is 4.39 Å². The van der Waals surface area contributed by atoms with Crippen molar-refractivity contribution < 1.29 is 9.18 Å². The predicted molar refractivity (Wildman–Crippen MR) is 69.7 cm³/mol. The summed E-state index contributed by atoms with van der Waals surface area (Å²) in [6.45, 7) is 4.85. The Kier molecular flexibility index (Phi) is 4.00. The van der Waals surface area contributed by atoms with E-state index in [1.807, 2.05) is 0 Å². The zero-order chi connectivity index (χ0) is 13.1. The first-order valence-electron chi connectivity index (χ1n) is 6.61. The number of amides is 1. The minimum Gasteiger partial charge on any atom is -0.355 e. The maximum Gasteiger partial charge on any atom is 0.227 e. The predicted octanol–water partition coefficient (Wildman–Crippen LogP) is 3.09. The molecule has 18 heavy (non-hydrogen) atoms. The summed E-state index contributed by atoms with van der Waals surface area (Å²) in [5.74, 6) is 0.600. The second-order valence-corrected chi connectivity index (χ2v) is 5.51. The summed E-state index contributed by atoms with van der Waals surface area (Å²) < 4.78 is 12.9. The minimum atomic E-state index is -0.254. The lowest BCUT2D eigenvalue weighted by Gasteiger charge is -2.17. The Labute approximate surface area is 108 Å². The molecule has 1 atom stereocenters. The van der Waals surface area contributed by atoms with Crippen LogP contribution in [0.15, 0.2) is 24.3 Å². The van der Waals surface area contributed by atoms with E-state index < -0.39 is 0 Å². The van der Waals surface area contributed by atoms with Gasteiger partial charge in [-0.05, 0) is 42.4 Å². The molecule has 98 valence electrons. The molecule has 1 unspecified atom stereocenters. The number of halogens is 1. The molecule has 1 N–H and O–H groups in total. The first-order chi connectivity index (χ1) is 8.58. The van der Waals surface area contributed by atoms with Gasteiger partial charge in [0.05, 0.1) is 5.92 Å². The van der Waals surface area contributed by atoms with Gasteiger partial charge in [0.25, 0.3) is 0 Å². The summed E-state index contributed by atoms with van der Waals surface area (Å²) in [5.41, 5.74) is 0.931. The Bertz CT molecular complexity index is 409. The minimum absolute atomic E-state index is 0.0813. The maximum atomic E-state index is 12.9. The van der Waals surface area contributed by atoms with E-state index in [1.165, 1.54) is 12.1 Å². The Morgan fingerprint density at radius 2 is 1.94 bits per heavy atom. The SMILES string of the molecule is CC(C)CNC(=O)C(c1ccc(F)cc1)C1CC1. The molecule has 0 radical (unpaired) electrons. The molecule has 0 spiro atoms. The summed E-state index contributed by atoms with van der Waals surface area (Å²) in [5, 5.41) is 2.98. The number of benzene rings is 1. The van der Waals surface area contributed by atoms with Crippen molar-refractivity contribution in [3.05, 3.63) is 35.6 Å². The molecule has 2 nitrogen and oxygen atoms in total. The van der Waals surface area contributed by atoms with E-state index in [9.17, 15) is 9.18 Å². The molecule has 0 aromatic heterocycles. The molecular formula is C15H20FNO. The highest BCUT2D eigenvalue weighted by Crippen LogP contribution is 2.42. The van der Waals surface area contributed by atoms with Gasteiger partial charge < -0.3 is 5.32 Å². The lowest BCUT2D eigenvalue weighted by Crippen LogP contribution is -2.33. The van der Waals surface area contributed by atoms with Gasteiger partial charge in [0.15, 0.2) is 0 Å². The molecule has 1 fully saturated rings. The molecule has 1 aromatic carbocycles. The van der Waals surface area contributed by atoms with E-state index in [2.05, 4.69) is 19.2 Å². The summed E-state index contributed by atoms with van der Waals surface area (Å²) in [6, 6.07) is 6.32. The van der Waals surface area contributed by atoms with Gasteiger partial charge in [-0.2, -0.15) is 0 Å². The highest BCUT2D eigenvalue weighted by molar-refractivity contribution is 5.84.